The Morgan fingerprint density at radius 2 is 1.90 bits per heavy atom. The molecule has 1 aliphatic heterocycles. The van der Waals surface area contributed by atoms with E-state index in [1.54, 1.807) is 42.9 Å². The van der Waals surface area contributed by atoms with Crippen LogP contribution in [-0.2, 0) is 6.54 Å². The number of ether oxygens (including phenoxy) is 1. The van der Waals surface area contributed by atoms with Crippen molar-refractivity contribution < 1.29 is 17.9 Å². The molecule has 0 bridgehead atoms. The molecule has 0 spiro atoms. The molecular weight excluding hydrogens is 507 g/mol. The number of alkyl halides is 2. The molecule has 0 amide bonds. The highest BCUT2D eigenvalue weighted by atomic mass is 19.3. The maximum Gasteiger partial charge on any atom is 0.257 e. The summed E-state index contributed by atoms with van der Waals surface area (Å²) in [6.07, 6.45) is 5.29. The summed E-state index contributed by atoms with van der Waals surface area (Å²) < 4.78 is 48.9. The van der Waals surface area contributed by atoms with Crippen LogP contribution in [0.25, 0.3) is 32.9 Å². The van der Waals surface area contributed by atoms with E-state index in [1.807, 2.05) is 12.1 Å². The van der Waals surface area contributed by atoms with Gasteiger partial charge in [0.1, 0.15) is 30.5 Å². The van der Waals surface area contributed by atoms with Gasteiger partial charge in [-0.15, -0.1) is 0 Å². The summed E-state index contributed by atoms with van der Waals surface area (Å²) in [4.78, 5) is 15.4. The lowest BCUT2D eigenvalue weighted by atomic mass is 10.0. The summed E-state index contributed by atoms with van der Waals surface area (Å²) in [5, 5.41) is 8.21. The van der Waals surface area contributed by atoms with Gasteiger partial charge in [-0.25, -0.2) is 23.1 Å². The average molecular weight is 534 g/mol. The van der Waals surface area contributed by atoms with Crippen molar-refractivity contribution in [2.24, 2.45) is 0 Å². The Balaban J connectivity index is 1.43. The van der Waals surface area contributed by atoms with Crippen molar-refractivity contribution in [3.8, 4) is 16.9 Å². The van der Waals surface area contributed by atoms with Gasteiger partial charge in [0.15, 0.2) is 5.82 Å². The molecule has 2 aromatic carbocycles. The Kier molecular flexibility index (Phi) is 6.74. The summed E-state index contributed by atoms with van der Waals surface area (Å²) in [5.74, 6) is 0.489. The van der Waals surface area contributed by atoms with Gasteiger partial charge in [0, 0.05) is 36.4 Å². The molecule has 0 atom stereocenters. The van der Waals surface area contributed by atoms with Crippen molar-refractivity contribution in [3.63, 3.8) is 0 Å². The molecule has 1 fully saturated rings. The second-order valence-corrected chi connectivity index (χ2v) is 9.68. The third-order valence-electron chi connectivity index (χ3n) is 6.93. The number of rotatable bonds is 7. The van der Waals surface area contributed by atoms with Gasteiger partial charge in [-0.05, 0) is 61.9 Å². The van der Waals surface area contributed by atoms with Crippen molar-refractivity contribution in [2.75, 3.05) is 25.5 Å². The predicted octanol–water partition coefficient (Wildman–Crippen LogP) is 5.66. The lowest BCUT2D eigenvalue weighted by molar-refractivity contribution is 0.116. The number of fused-ring (bicyclic) bond motifs is 2. The van der Waals surface area contributed by atoms with Crippen LogP contribution in [0.2, 0.25) is 0 Å². The fourth-order valence-electron chi connectivity index (χ4n) is 4.89. The van der Waals surface area contributed by atoms with E-state index in [0.717, 1.165) is 31.5 Å². The van der Waals surface area contributed by atoms with Crippen LogP contribution in [0.15, 0.2) is 61.3 Å². The van der Waals surface area contributed by atoms with Gasteiger partial charge in [-0.1, -0.05) is 0 Å². The Morgan fingerprint density at radius 1 is 1.05 bits per heavy atom. The molecule has 200 valence electrons. The molecule has 0 saturated carbocycles. The Bertz CT molecular complexity index is 1630. The number of aromatic nitrogens is 5. The van der Waals surface area contributed by atoms with E-state index in [2.05, 4.69) is 37.3 Å². The van der Waals surface area contributed by atoms with Gasteiger partial charge in [-0.3, -0.25) is 9.67 Å². The number of likely N-dealkylation sites (tertiary alicyclic amines) is 1. The van der Waals surface area contributed by atoms with Crippen molar-refractivity contribution in [1.29, 1.82) is 0 Å². The van der Waals surface area contributed by atoms with Crippen LogP contribution >= 0.6 is 0 Å². The molecule has 11 heteroatoms. The van der Waals surface area contributed by atoms with E-state index in [4.69, 9.17) is 4.74 Å². The van der Waals surface area contributed by atoms with E-state index in [1.165, 1.54) is 11.0 Å². The second kappa shape index (κ2) is 10.5. The standard InChI is InChI=1S/C28H26F3N7O/c1-37-9-6-19(7-10-37)39-24-12-17(18-13-35-38(14-18)15-25(29)30)11-23-26(24)28(34-16-33-23)36-22-5-4-21-20(27(22)31)3-2-8-32-21/h2-5,8,11-14,16,19,25H,6-7,9-10,15H2,1H3,(H,33,34,36). The quantitative estimate of drug-likeness (QED) is 0.289. The van der Waals surface area contributed by atoms with Crippen molar-refractivity contribution >= 4 is 33.3 Å². The molecule has 1 aliphatic rings. The third kappa shape index (κ3) is 5.22. The third-order valence-corrected chi connectivity index (χ3v) is 6.93. The van der Waals surface area contributed by atoms with Gasteiger partial charge in [0.25, 0.3) is 6.43 Å². The summed E-state index contributed by atoms with van der Waals surface area (Å²) in [7, 11) is 2.08. The largest absolute Gasteiger partial charge is 0.489 e. The number of anilines is 2. The Labute approximate surface area is 222 Å². The number of hydrogen-bond acceptors (Lipinski definition) is 7. The van der Waals surface area contributed by atoms with Crippen molar-refractivity contribution in [3.05, 3.63) is 67.1 Å². The predicted molar refractivity (Wildman–Crippen MR) is 143 cm³/mol. The minimum Gasteiger partial charge on any atom is -0.489 e. The highest BCUT2D eigenvalue weighted by Gasteiger charge is 2.22. The Hall–Kier alpha value is -4.25. The number of pyridine rings is 1. The maximum absolute atomic E-state index is 15.4. The zero-order valence-electron chi connectivity index (χ0n) is 21.2. The Morgan fingerprint density at radius 3 is 2.72 bits per heavy atom. The number of piperidine rings is 1. The number of benzene rings is 2. The molecular formula is C28H26F3N7O. The van der Waals surface area contributed by atoms with Gasteiger partial charge in [-0.2, -0.15) is 5.10 Å². The molecule has 0 radical (unpaired) electrons. The van der Waals surface area contributed by atoms with Crippen LogP contribution in [0.5, 0.6) is 5.75 Å². The lowest BCUT2D eigenvalue weighted by Crippen LogP contribution is -2.35. The normalized spacial score (nSPS) is 14.9. The second-order valence-electron chi connectivity index (χ2n) is 9.68. The lowest BCUT2D eigenvalue weighted by Gasteiger charge is -2.30. The minimum absolute atomic E-state index is 0.0299. The first-order chi connectivity index (χ1) is 18.9. The average Bonchev–Trinajstić information content (AvgIpc) is 3.39. The number of halogens is 3. The molecule has 1 saturated heterocycles. The van der Waals surface area contributed by atoms with Crippen LogP contribution in [0, 0.1) is 5.82 Å². The van der Waals surface area contributed by atoms with Crippen LogP contribution in [-0.4, -0.2) is 62.3 Å². The maximum atomic E-state index is 15.4. The molecule has 0 unspecified atom stereocenters. The van der Waals surface area contributed by atoms with E-state index in [0.29, 0.717) is 38.9 Å². The van der Waals surface area contributed by atoms with E-state index < -0.39 is 18.8 Å². The van der Waals surface area contributed by atoms with Gasteiger partial charge in [0.2, 0.25) is 0 Å². The number of nitrogens with zero attached hydrogens (tertiary/aromatic N) is 6. The fourth-order valence-corrected chi connectivity index (χ4v) is 4.89. The van der Waals surface area contributed by atoms with Crippen LogP contribution < -0.4 is 10.1 Å². The zero-order valence-corrected chi connectivity index (χ0v) is 21.2. The summed E-state index contributed by atoms with van der Waals surface area (Å²) >= 11 is 0. The summed E-state index contributed by atoms with van der Waals surface area (Å²) in [6.45, 7) is 1.32. The number of hydrogen-bond donors (Lipinski definition) is 1. The summed E-state index contributed by atoms with van der Waals surface area (Å²) in [5.41, 5.74) is 2.75. The topological polar surface area (TPSA) is 81.0 Å². The minimum atomic E-state index is -2.51. The molecule has 8 nitrogen and oxygen atoms in total. The SMILES string of the molecule is CN1CCC(Oc2cc(-c3cnn(CC(F)F)c3)cc3ncnc(Nc4ccc5ncccc5c4F)c23)CC1. The highest BCUT2D eigenvalue weighted by molar-refractivity contribution is 5.99. The zero-order chi connectivity index (χ0) is 26.9. The van der Waals surface area contributed by atoms with Gasteiger partial charge < -0.3 is 15.0 Å². The number of nitrogens with one attached hydrogen (secondary N) is 1. The molecule has 6 rings (SSSR count). The first kappa shape index (κ1) is 25.1. The van der Waals surface area contributed by atoms with Crippen LogP contribution in [0.4, 0.5) is 24.7 Å². The fraction of sp³-hybridized carbons (Fsp3) is 0.286. The first-order valence-electron chi connectivity index (χ1n) is 12.7. The highest BCUT2D eigenvalue weighted by Crippen LogP contribution is 2.38. The van der Waals surface area contributed by atoms with Crippen molar-refractivity contribution in [1.82, 2.24) is 29.6 Å². The summed E-state index contributed by atoms with van der Waals surface area (Å²) in [6, 6.07) is 10.4. The molecule has 0 aliphatic carbocycles. The van der Waals surface area contributed by atoms with Crippen LogP contribution in [0.1, 0.15) is 12.8 Å². The molecule has 39 heavy (non-hydrogen) atoms. The molecule has 1 N–H and O–H groups in total. The molecule has 5 aromatic rings. The first-order valence-corrected chi connectivity index (χ1v) is 12.7. The van der Waals surface area contributed by atoms with E-state index in [-0.39, 0.29) is 11.8 Å². The van der Waals surface area contributed by atoms with E-state index >= 15 is 4.39 Å². The van der Waals surface area contributed by atoms with Gasteiger partial charge >= 0.3 is 0 Å². The van der Waals surface area contributed by atoms with Crippen molar-refractivity contribution in [2.45, 2.75) is 31.9 Å². The van der Waals surface area contributed by atoms with E-state index in [9.17, 15) is 8.78 Å². The van der Waals surface area contributed by atoms with Gasteiger partial charge in [0.05, 0.1) is 28.3 Å². The monoisotopic (exact) mass is 533 g/mol. The molecule has 4 heterocycles. The van der Waals surface area contributed by atoms with Crippen LogP contribution in [0.3, 0.4) is 0 Å². The smallest absolute Gasteiger partial charge is 0.257 e. The molecule has 3 aromatic heterocycles.